The highest BCUT2D eigenvalue weighted by Gasteiger charge is 2.19. The molecule has 0 saturated heterocycles. The number of carboxylic acids is 1. The molecule has 0 radical (unpaired) electrons. The summed E-state index contributed by atoms with van der Waals surface area (Å²) in [5.41, 5.74) is -0.785. The van der Waals surface area contributed by atoms with Gasteiger partial charge >= 0.3 is 5.97 Å². The molecule has 1 heterocycles. The summed E-state index contributed by atoms with van der Waals surface area (Å²) in [6, 6.07) is 2.33. The van der Waals surface area contributed by atoms with Crippen molar-refractivity contribution in [1.29, 1.82) is 0 Å². The summed E-state index contributed by atoms with van der Waals surface area (Å²) < 4.78 is 12.9. The Balaban J connectivity index is 3.11. The van der Waals surface area contributed by atoms with Gasteiger partial charge in [0.1, 0.15) is 0 Å². The number of alkyl halides is 1. The van der Waals surface area contributed by atoms with Crippen LogP contribution in [0.15, 0.2) is 23.1 Å². The van der Waals surface area contributed by atoms with Crippen LogP contribution in [0.1, 0.15) is 6.30 Å². The average molecular weight is 172 g/mol. The topological polar surface area (TPSA) is 72.2 Å². The highest BCUT2D eigenvalue weighted by Crippen LogP contribution is 2.01. The molecule has 64 valence electrons. The minimum absolute atomic E-state index is 0.252. The Morgan fingerprint density at radius 3 is 2.92 bits per heavy atom. The number of nitrogens with zero attached hydrogens (tertiary/aromatic N) is 2. The van der Waals surface area contributed by atoms with Crippen molar-refractivity contribution in [3.8, 4) is 0 Å². The van der Waals surface area contributed by atoms with Crippen LogP contribution in [0.3, 0.4) is 0 Å². The number of carbonyl (C=O) groups is 1. The van der Waals surface area contributed by atoms with E-state index in [1.165, 1.54) is 6.07 Å². The molecule has 0 bridgehead atoms. The first-order valence-corrected chi connectivity index (χ1v) is 3.03. The first-order chi connectivity index (χ1) is 5.63. The van der Waals surface area contributed by atoms with Gasteiger partial charge in [-0.15, -0.1) is 0 Å². The van der Waals surface area contributed by atoms with Crippen LogP contribution in [-0.4, -0.2) is 20.9 Å². The van der Waals surface area contributed by atoms with E-state index >= 15 is 0 Å². The Bertz CT molecular complexity index is 349. The van der Waals surface area contributed by atoms with Gasteiger partial charge in [-0.2, -0.15) is 9.78 Å². The molecule has 0 aliphatic rings. The van der Waals surface area contributed by atoms with Gasteiger partial charge in [-0.25, -0.2) is 9.18 Å². The van der Waals surface area contributed by atoms with E-state index in [1.807, 2.05) is 0 Å². The quantitative estimate of drug-likeness (QED) is 0.670. The summed E-state index contributed by atoms with van der Waals surface area (Å²) in [6.07, 6.45) is -1.28. The molecular weight excluding hydrogens is 167 g/mol. The largest absolute Gasteiger partial charge is 0.478 e. The fraction of sp³-hybridized carbons (Fsp3) is 0.167. The monoisotopic (exact) mass is 172 g/mol. The molecule has 12 heavy (non-hydrogen) atoms. The zero-order chi connectivity index (χ0) is 9.14. The smallest absolute Gasteiger partial charge is 0.361 e. The normalized spacial score (nSPS) is 12.4. The van der Waals surface area contributed by atoms with Gasteiger partial charge in [0.2, 0.25) is 0 Å². The Morgan fingerprint density at radius 1 is 1.75 bits per heavy atom. The van der Waals surface area contributed by atoms with Gasteiger partial charge < -0.3 is 5.11 Å². The fourth-order valence-electron chi connectivity index (χ4n) is 0.644. The van der Waals surface area contributed by atoms with E-state index in [9.17, 15) is 14.0 Å². The van der Waals surface area contributed by atoms with Gasteiger partial charge in [-0.05, 0) is 6.07 Å². The number of aromatic nitrogens is 2. The van der Waals surface area contributed by atoms with Gasteiger partial charge in [-0.3, -0.25) is 4.79 Å². The number of carboxylic acid groups (broad SMARTS) is 1. The Kier molecular flexibility index (Phi) is 2.18. The van der Waals surface area contributed by atoms with E-state index in [0.29, 0.717) is 0 Å². The summed E-state index contributed by atoms with van der Waals surface area (Å²) in [5.74, 6) is -1.74. The number of hydrogen-bond donors (Lipinski definition) is 1. The third kappa shape index (κ3) is 1.47. The second-order valence-corrected chi connectivity index (χ2v) is 1.98. The summed E-state index contributed by atoms with van der Waals surface area (Å²) in [7, 11) is 0. The first kappa shape index (κ1) is 8.38. The standard InChI is InChI=1S/C6H5FN2O3/c7-5(6(11)12)9-4(10)2-1-3-8-9/h1-3,5H,(H,11,12). The van der Waals surface area contributed by atoms with Crippen LogP contribution in [-0.2, 0) is 4.79 Å². The number of rotatable bonds is 2. The molecule has 0 amide bonds. The van der Waals surface area contributed by atoms with E-state index in [4.69, 9.17) is 5.11 Å². The molecule has 0 aliphatic heterocycles. The second kappa shape index (κ2) is 3.12. The maximum Gasteiger partial charge on any atom is 0.361 e. The van der Waals surface area contributed by atoms with Crippen LogP contribution >= 0.6 is 0 Å². The minimum Gasteiger partial charge on any atom is -0.478 e. The minimum atomic E-state index is -2.42. The van der Waals surface area contributed by atoms with Crippen molar-refractivity contribution in [2.45, 2.75) is 6.30 Å². The van der Waals surface area contributed by atoms with Crippen LogP contribution in [0.2, 0.25) is 0 Å². The van der Waals surface area contributed by atoms with Crippen molar-refractivity contribution >= 4 is 5.97 Å². The van der Waals surface area contributed by atoms with E-state index in [-0.39, 0.29) is 4.68 Å². The molecule has 0 aliphatic carbocycles. The number of aliphatic carboxylic acids is 1. The highest BCUT2D eigenvalue weighted by molar-refractivity contribution is 5.69. The molecule has 0 spiro atoms. The van der Waals surface area contributed by atoms with E-state index in [0.717, 1.165) is 12.3 Å². The van der Waals surface area contributed by atoms with Crippen molar-refractivity contribution in [2.24, 2.45) is 0 Å². The van der Waals surface area contributed by atoms with E-state index in [2.05, 4.69) is 5.10 Å². The molecule has 1 rings (SSSR count). The van der Waals surface area contributed by atoms with E-state index < -0.39 is 17.8 Å². The third-order valence-electron chi connectivity index (χ3n) is 1.16. The second-order valence-electron chi connectivity index (χ2n) is 1.98. The first-order valence-electron chi connectivity index (χ1n) is 3.03. The van der Waals surface area contributed by atoms with E-state index in [1.54, 1.807) is 0 Å². The number of hydrogen-bond acceptors (Lipinski definition) is 3. The molecule has 6 heteroatoms. The van der Waals surface area contributed by atoms with Crippen LogP contribution in [0.25, 0.3) is 0 Å². The lowest BCUT2D eigenvalue weighted by atomic mass is 10.5. The van der Waals surface area contributed by atoms with Crippen LogP contribution in [0.4, 0.5) is 4.39 Å². The SMILES string of the molecule is O=C(O)C(F)n1ncccc1=O. The van der Waals surface area contributed by atoms with Crippen molar-refractivity contribution in [3.05, 3.63) is 28.7 Å². The molecule has 0 aromatic carbocycles. The molecule has 1 aromatic heterocycles. The Morgan fingerprint density at radius 2 is 2.42 bits per heavy atom. The van der Waals surface area contributed by atoms with Gasteiger partial charge in [0, 0.05) is 12.3 Å². The van der Waals surface area contributed by atoms with Gasteiger partial charge in [0.15, 0.2) is 0 Å². The number of halogens is 1. The zero-order valence-electron chi connectivity index (χ0n) is 5.85. The molecule has 0 saturated carbocycles. The average Bonchev–Trinajstić information content (AvgIpc) is 2.04. The molecular formula is C6H5FN2O3. The molecule has 1 aromatic rings. The lowest BCUT2D eigenvalue weighted by molar-refractivity contribution is -0.147. The maximum atomic E-state index is 12.6. The van der Waals surface area contributed by atoms with Crippen LogP contribution in [0.5, 0.6) is 0 Å². The molecule has 0 fully saturated rings. The predicted octanol–water partition coefficient (Wildman–Crippen LogP) is -0.204. The third-order valence-corrected chi connectivity index (χ3v) is 1.16. The van der Waals surface area contributed by atoms with Crippen molar-refractivity contribution < 1.29 is 14.3 Å². The zero-order valence-corrected chi connectivity index (χ0v) is 5.85. The lowest BCUT2D eigenvalue weighted by Gasteiger charge is -2.03. The maximum absolute atomic E-state index is 12.6. The highest BCUT2D eigenvalue weighted by atomic mass is 19.1. The summed E-state index contributed by atoms with van der Waals surface area (Å²) in [6.45, 7) is 0. The molecule has 1 unspecified atom stereocenters. The van der Waals surface area contributed by atoms with Crippen LogP contribution < -0.4 is 5.56 Å². The Hall–Kier alpha value is -1.72. The van der Waals surface area contributed by atoms with Crippen molar-refractivity contribution in [1.82, 2.24) is 9.78 Å². The van der Waals surface area contributed by atoms with Crippen molar-refractivity contribution in [3.63, 3.8) is 0 Å². The molecule has 5 nitrogen and oxygen atoms in total. The molecule has 1 N–H and O–H groups in total. The lowest BCUT2D eigenvalue weighted by Crippen LogP contribution is -2.28. The van der Waals surface area contributed by atoms with Crippen LogP contribution in [0, 0.1) is 0 Å². The summed E-state index contributed by atoms with van der Waals surface area (Å²) in [4.78, 5) is 20.8. The van der Waals surface area contributed by atoms with Gasteiger partial charge in [0.05, 0.1) is 0 Å². The van der Waals surface area contributed by atoms with Gasteiger partial charge in [-0.1, -0.05) is 0 Å². The predicted molar refractivity (Wildman–Crippen MR) is 36.3 cm³/mol. The summed E-state index contributed by atoms with van der Waals surface area (Å²) in [5, 5.41) is 11.4. The molecule has 1 atom stereocenters. The van der Waals surface area contributed by atoms with Crippen molar-refractivity contribution in [2.75, 3.05) is 0 Å². The van der Waals surface area contributed by atoms with Gasteiger partial charge in [0.25, 0.3) is 11.9 Å². The fourth-order valence-corrected chi connectivity index (χ4v) is 0.644. The summed E-state index contributed by atoms with van der Waals surface area (Å²) >= 11 is 0. The Labute approximate surface area is 66.1 Å².